The van der Waals surface area contributed by atoms with Crippen molar-refractivity contribution in [2.75, 3.05) is 19.9 Å². The monoisotopic (exact) mass is 284 g/mol. The van der Waals surface area contributed by atoms with Gasteiger partial charge in [-0.25, -0.2) is 0 Å². The Labute approximate surface area is 125 Å². The minimum Gasteiger partial charge on any atom is -0.495 e. The number of nitrogens with two attached hydrogens (primary N) is 1. The maximum Gasteiger partial charge on any atom is 0.254 e. The van der Waals surface area contributed by atoms with Crippen LogP contribution in [0.1, 0.15) is 28.9 Å². The van der Waals surface area contributed by atoms with Gasteiger partial charge >= 0.3 is 0 Å². The Bertz CT molecular complexity index is 626. The summed E-state index contributed by atoms with van der Waals surface area (Å²) in [5.74, 6) is 0.450. The largest absolute Gasteiger partial charge is 0.495 e. The predicted octanol–water partition coefficient (Wildman–Crippen LogP) is 3.11. The highest BCUT2D eigenvalue weighted by molar-refractivity contribution is 5.95. The number of anilines is 1. The Hall–Kier alpha value is -2.49. The normalized spacial score (nSPS) is 11.8. The molecule has 21 heavy (non-hydrogen) atoms. The van der Waals surface area contributed by atoms with Crippen LogP contribution in [0.5, 0.6) is 5.75 Å². The number of ether oxygens (including phenoxy) is 1. The summed E-state index contributed by atoms with van der Waals surface area (Å²) in [5.41, 5.74) is 7.95. The van der Waals surface area contributed by atoms with Gasteiger partial charge in [0.1, 0.15) is 5.75 Å². The summed E-state index contributed by atoms with van der Waals surface area (Å²) in [4.78, 5) is 14.3. The lowest BCUT2D eigenvalue weighted by atomic mass is 10.1. The van der Waals surface area contributed by atoms with Gasteiger partial charge in [0, 0.05) is 12.6 Å². The van der Waals surface area contributed by atoms with Gasteiger partial charge in [0.2, 0.25) is 0 Å². The van der Waals surface area contributed by atoms with Gasteiger partial charge in [-0.1, -0.05) is 30.3 Å². The molecule has 0 saturated heterocycles. The number of methoxy groups -OCH3 is 1. The summed E-state index contributed by atoms with van der Waals surface area (Å²) in [5, 5.41) is 0. The molecule has 4 nitrogen and oxygen atoms in total. The molecule has 0 spiro atoms. The van der Waals surface area contributed by atoms with E-state index in [-0.39, 0.29) is 11.9 Å². The van der Waals surface area contributed by atoms with Crippen molar-refractivity contribution in [2.24, 2.45) is 0 Å². The van der Waals surface area contributed by atoms with Crippen molar-refractivity contribution in [3.05, 3.63) is 59.7 Å². The number of rotatable bonds is 4. The third-order valence-corrected chi connectivity index (χ3v) is 3.66. The second-order valence-corrected chi connectivity index (χ2v) is 4.96. The SMILES string of the molecule is COc1cc(C(=O)N(C)C(C)c2ccccc2)ccc1N. The summed E-state index contributed by atoms with van der Waals surface area (Å²) in [6.45, 7) is 2.00. The number of hydrogen-bond acceptors (Lipinski definition) is 3. The summed E-state index contributed by atoms with van der Waals surface area (Å²) >= 11 is 0. The standard InChI is InChI=1S/C17H20N2O2/c1-12(13-7-5-4-6-8-13)19(2)17(20)14-9-10-15(18)16(11-14)21-3/h4-12H,18H2,1-3H3. The molecule has 1 unspecified atom stereocenters. The van der Waals surface area contributed by atoms with Crippen molar-refractivity contribution in [1.29, 1.82) is 0 Å². The fourth-order valence-electron chi connectivity index (χ4n) is 2.18. The molecular weight excluding hydrogens is 264 g/mol. The lowest BCUT2D eigenvalue weighted by Crippen LogP contribution is -2.29. The van der Waals surface area contributed by atoms with E-state index >= 15 is 0 Å². The molecule has 4 heteroatoms. The average Bonchev–Trinajstić information content (AvgIpc) is 2.54. The fourth-order valence-corrected chi connectivity index (χ4v) is 2.18. The molecule has 1 atom stereocenters. The van der Waals surface area contributed by atoms with Gasteiger partial charge in [0.15, 0.2) is 0 Å². The average molecular weight is 284 g/mol. The van der Waals surface area contributed by atoms with E-state index in [0.29, 0.717) is 17.0 Å². The van der Waals surface area contributed by atoms with Crippen LogP contribution in [0.3, 0.4) is 0 Å². The number of benzene rings is 2. The van der Waals surface area contributed by atoms with Crippen molar-refractivity contribution in [3.63, 3.8) is 0 Å². The first kappa shape index (κ1) is 14.9. The predicted molar refractivity (Wildman–Crippen MR) is 84.4 cm³/mol. The Morgan fingerprint density at radius 2 is 1.86 bits per heavy atom. The van der Waals surface area contributed by atoms with E-state index in [0.717, 1.165) is 5.56 Å². The topological polar surface area (TPSA) is 55.6 Å². The number of hydrogen-bond donors (Lipinski definition) is 1. The molecule has 1 amide bonds. The highest BCUT2D eigenvalue weighted by atomic mass is 16.5. The molecule has 2 rings (SSSR count). The van der Waals surface area contributed by atoms with Crippen LogP contribution in [-0.4, -0.2) is 25.0 Å². The Morgan fingerprint density at radius 1 is 1.19 bits per heavy atom. The molecule has 0 fully saturated rings. The molecular formula is C17H20N2O2. The second kappa shape index (κ2) is 6.31. The van der Waals surface area contributed by atoms with E-state index in [2.05, 4.69) is 0 Å². The van der Waals surface area contributed by atoms with Crippen LogP contribution in [0, 0.1) is 0 Å². The smallest absolute Gasteiger partial charge is 0.254 e. The lowest BCUT2D eigenvalue weighted by Gasteiger charge is -2.25. The van der Waals surface area contributed by atoms with E-state index in [4.69, 9.17) is 10.5 Å². The van der Waals surface area contributed by atoms with E-state index in [1.54, 1.807) is 30.1 Å². The van der Waals surface area contributed by atoms with Crippen molar-refractivity contribution in [1.82, 2.24) is 4.90 Å². The zero-order valence-electron chi connectivity index (χ0n) is 12.5. The van der Waals surface area contributed by atoms with E-state index in [1.165, 1.54) is 7.11 Å². The fraction of sp³-hybridized carbons (Fsp3) is 0.235. The molecule has 0 heterocycles. The van der Waals surface area contributed by atoms with Crippen molar-refractivity contribution in [2.45, 2.75) is 13.0 Å². The number of nitrogens with zero attached hydrogens (tertiary/aromatic N) is 1. The van der Waals surface area contributed by atoms with E-state index in [1.807, 2.05) is 37.3 Å². The molecule has 0 aliphatic rings. The molecule has 2 N–H and O–H groups in total. The molecule has 2 aromatic carbocycles. The first-order chi connectivity index (χ1) is 10.0. The molecule has 0 saturated carbocycles. The number of amides is 1. The van der Waals surface area contributed by atoms with Crippen LogP contribution in [0.4, 0.5) is 5.69 Å². The molecule has 0 radical (unpaired) electrons. The zero-order valence-corrected chi connectivity index (χ0v) is 12.5. The lowest BCUT2D eigenvalue weighted by molar-refractivity contribution is 0.0742. The molecule has 0 aromatic heterocycles. The minimum atomic E-state index is -0.0651. The van der Waals surface area contributed by atoms with Crippen LogP contribution in [0.15, 0.2) is 48.5 Å². The summed E-state index contributed by atoms with van der Waals surface area (Å²) in [6.07, 6.45) is 0. The first-order valence-electron chi connectivity index (χ1n) is 6.80. The quantitative estimate of drug-likeness (QED) is 0.878. The first-order valence-corrected chi connectivity index (χ1v) is 6.80. The van der Waals surface area contributed by atoms with Crippen molar-refractivity contribution < 1.29 is 9.53 Å². The maximum atomic E-state index is 12.6. The van der Waals surface area contributed by atoms with Gasteiger partial charge < -0.3 is 15.4 Å². The van der Waals surface area contributed by atoms with Crippen molar-refractivity contribution in [3.8, 4) is 5.75 Å². The van der Waals surface area contributed by atoms with Gasteiger partial charge in [-0.05, 0) is 30.7 Å². The Kier molecular flexibility index (Phi) is 4.48. The molecule has 0 bridgehead atoms. The number of carbonyl (C=O) groups is 1. The summed E-state index contributed by atoms with van der Waals surface area (Å²) in [7, 11) is 3.33. The molecule has 0 aliphatic heterocycles. The third kappa shape index (κ3) is 3.16. The summed E-state index contributed by atoms with van der Waals surface area (Å²) < 4.78 is 5.16. The van der Waals surface area contributed by atoms with Gasteiger partial charge in [-0.2, -0.15) is 0 Å². The minimum absolute atomic E-state index is 0.0118. The number of nitrogen functional groups attached to an aromatic ring is 1. The Balaban J connectivity index is 2.23. The van der Waals surface area contributed by atoms with Crippen LogP contribution in [0.2, 0.25) is 0 Å². The van der Waals surface area contributed by atoms with Gasteiger partial charge in [-0.3, -0.25) is 4.79 Å². The number of carbonyl (C=O) groups excluding carboxylic acids is 1. The molecule has 2 aromatic rings. The highest BCUT2D eigenvalue weighted by Gasteiger charge is 2.19. The molecule has 0 aliphatic carbocycles. The van der Waals surface area contributed by atoms with Gasteiger partial charge in [0.05, 0.1) is 18.8 Å². The van der Waals surface area contributed by atoms with Crippen molar-refractivity contribution >= 4 is 11.6 Å². The van der Waals surface area contributed by atoms with Crippen LogP contribution < -0.4 is 10.5 Å². The van der Waals surface area contributed by atoms with E-state index < -0.39 is 0 Å². The van der Waals surface area contributed by atoms with Gasteiger partial charge in [-0.15, -0.1) is 0 Å². The third-order valence-electron chi connectivity index (χ3n) is 3.66. The van der Waals surface area contributed by atoms with Crippen LogP contribution in [-0.2, 0) is 0 Å². The molecule has 110 valence electrons. The second-order valence-electron chi connectivity index (χ2n) is 4.96. The van der Waals surface area contributed by atoms with E-state index in [9.17, 15) is 4.79 Å². The highest BCUT2D eigenvalue weighted by Crippen LogP contribution is 2.25. The Morgan fingerprint density at radius 3 is 2.48 bits per heavy atom. The maximum absolute atomic E-state index is 12.6. The van der Waals surface area contributed by atoms with Gasteiger partial charge in [0.25, 0.3) is 5.91 Å². The zero-order chi connectivity index (χ0) is 15.4. The summed E-state index contributed by atoms with van der Waals surface area (Å²) in [6, 6.07) is 15.0. The van der Waals surface area contributed by atoms with Crippen LogP contribution in [0.25, 0.3) is 0 Å². The van der Waals surface area contributed by atoms with Crippen LogP contribution >= 0.6 is 0 Å².